The maximum absolute atomic E-state index is 11.4. The molecule has 0 saturated heterocycles. The van der Waals surface area contributed by atoms with E-state index in [4.69, 9.17) is 0 Å². The van der Waals surface area contributed by atoms with Crippen LogP contribution in [0.4, 0.5) is 0 Å². The summed E-state index contributed by atoms with van der Waals surface area (Å²) in [6, 6.07) is 8.03. The van der Waals surface area contributed by atoms with E-state index in [9.17, 15) is 9.90 Å². The molecule has 1 N–H and O–H groups in total. The second-order valence-electron chi connectivity index (χ2n) is 5.03. The zero-order chi connectivity index (χ0) is 12.5. The van der Waals surface area contributed by atoms with Crippen molar-refractivity contribution in [1.82, 2.24) is 0 Å². The summed E-state index contributed by atoms with van der Waals surface area (Å²) in [7, 11) is 0. The standard InChI is InChI=1S/C15H18O2/c1-3-10-15(2,14(16)17)13-8-6-12(7-9-13)11-4-5-11/h3,6-9,11H,1,4-5,10H2,2H3,(H,16,17). The first-order valence-corrected chi connectivity index (χ1v) is 6.02. The van der Waals surface area contributed by atoms with Crippen LogP contribution in [0.15, 0.2) is 36.9 Å². The first-order valence-electron chi connectivity index (χ1n) is 6.02. The summed E-state index contributed by atoms with van der Waals surface area (Å²) in [6.45, 7) is 5.40. The normalized spacial score (nSPS) is 18.4. The Bertz CT molecular complexity index is 429. The molecule has 0 radical (unpaired) electrons. The van der Waals surface area contributed by atoms with Gasteiger partial charge in [0.1, 0.15) is 0 Å². The van der Waals surface area contributed by atoms with Crippen LogP contribution in [0.5, 0.6) is 0 Å². The fourth-order valence-corrected chi connectivity index (χ4v) is 2.16. The van der Waals surface area contributed by atoms with Crippen LogP contribution in [0.2, 0.25) is 0 Å². The molecular formula is C15H18O2. The highest BCUT2D eigenvalue weighted by Gasteiger charge is 2.34. The van der Waals surface area contributed by atoms with Crippen molar-refractivity contribution in [3.05, 3.63) is 48.0 Å². The molecule has 1 atom stereocenters. The van der Waals surface area contributed by atoms with E-state index in [1.165, 1.54) is 18.4 Å². The Morgan fingerprint density at radius 3 is 2.47 bits per heavy atom. The monoisotopic (exact) mass is 230 g/mol. The minimum absolute atomic E-state index is 0.450. The Morgan fingerprint density at radius 2 is 2.06 bits per heavy atom. The molecule has 1 unspecified atom stereocenters. The molecule has 1 aliphatic carbocycles. The van der Waals surface area contributed by atoms with E-state index < -0.39 is 11.4 Å². The zero-order valence-electron chi connectivity index (χ0n) is 10.1. The minimum atomic E-state index is -0.857. The fraction of sp³-hybridized carbons (Fsp3) is 0.400. The molecule has 90 valence electrons. The maximum atomic E-state index is 11.4. The van der Waals surface area contributed by atoms with E-state index in [1.807, 2.05) is 12.1 Å². The lowest BCUT2D eigenvalue weighted by molar-refractivity contribution is -0.143. The Kier molecular flexibility index (Phi) is 3.05. The van der Waals surface area contributed by atoms with Gasteiger partial charge >= 0.3 is 5.97 Å². The largest absolute Gasteiger partial charge is 0.481 e. The van der Waals surface area contributed by atoms with Crippen LogP contribution < -0.4 is 0 Å². The smallest absolute Gasteiger partial charge is 0.314 e. The first kappa shape index (κ1) is 11.9. The van der Waals surface area contributed by atoms with Crippen LogP contribution in [0.1, 0.15) is 43.2 Å². The summed E-state index contributed by atoms with van der Waals surface area (Å²) in [5.41, 5.74) is 1.33. The van der Waals surface area contributed by atoms with E-state index in [-0.39, 0.29) is 0 Å². The Labute approximate surface area is 102 Å². The average Bonchev–Trinajstić information content (AvgIpc) is 3.13. The van der Waals surface area contributed by atoms with Crippen LogP contribution >= 0.6 is 0 Å². The quantitative estimate of drug-likeness (QED) is 0.786. The highest BCUT2D eigenvalue weighted by atomic mass is 16.4. The Morgan fingerprint density at radius 1 is 1.47 bits per heavy atom. The molecule has 0 heterocycles. The molecule has 2 nitrogen and oxygen atoms in total. The molecule has 2 heteroatoms. The summed E-state index contributed by atoms with van der Waals surface area (Å²) in [6.07, 6.45) is 4.65. The molecule has 1 saturated carbocycles. The van der Waals surface area contributed by atoms with Gasteiger partial charge in [-0.15, -0.1) is 6.58 Å². The van der Waals surface area contributed by atoms with Crippen molar-refractivity contribution < 1.29 is 9.90 Å². The van der Waals surface area contributed by atoms with E-state index in [0.29, 0.717) is 12.3 Å². The molecule has 17 heavy (non-hydrogen) atoms. The number of rotatable bonds is 5. The van der Waals surface area contributed by atoms with Gasteiger partial charge in [0.05, 0.1) is 5.41 Å². The van der Waals surface area contributed by atoms with Gasteiger partial charge in [-0.05, 0) is 43.2 Å². The summed E-state index contributed by atoms with van der Waals surface area (Å²) in [4.78, 5) is 11.4. The molecule has 0 aromatic heterocycles. The second kappa shape index (κ2) is 4.36. The van der Waals surface area contributed by atoms with Gasteiger partial charge in [0.25, 0.3) is 0 Å². The lowest BCUT2D eigenvalue weighted by Crippen LogP contribution is -2.31. The number of carboxylic acids is 1. The molecule has 0 amide bonds. The van der Waals surface area contributed by atoms with Crippen LogP contribution in [0.3, 0.4) is 0 Å². The van der Waals surface area contributed by atoms with Gasteiger partial charge in [-0.2, -0.15) is 0 Å². The number of allylic oxidation sites excluding steroid dienone is 1. The molecule has 2 rings (SSSR count). The zero-order valence-corrected chi connectivity index (χ0v) is 10.1. The molecule has 1 fully saturated rings. The van der Waals surface area contributed by atoms with Gasteiger partial charge in [-0.3, -0.25) is 4.79 Å². The van der Waals surface area contributed by atoms with E-state index >= 15 is 0 Å². The summed E-state index contributed by atoms with van der Waals surface area (Å²) in [5.74, 6) is -0.0869. The molecule has 1 aromatic rings. The van der Waals surface area contributed by atoms with Gasteiger partial charge in [0.2, 0.25) is 0 Å². The molecule has 0 spiro atoms. The van der Waals surface area contributed by atoms with E-state index in [2.05, 4.69) is 18.7 Å². The summed E-state index contributed by atoms with van der Waals surface area (Å²) in [5, 5.41) is 9.36. The highest BCUT2D eigenvalue weighted by Crippen LogP contribution is 2.40. The molecule has 0 bridgehead atoms. The average molecular weight is 230 g/mol. The van der Waals surface area contributed by atoms with E-state index in [0.717, 1.165) is 5.56 Å². The second-order valence-corrected chi connectivity index (χ2v) is 5.03. The van der Waals surface area contributed by atoms with Crippen molar-refractivity contribution in [2.45, 2.75) is 37.5 Å². The number of carbonyl (C=O) groups is 1. The Hall–Kier alpha value is -1.57. The number of carboxylic acid groups (broad SMARTS) is 1. The van der Waals surface area contributed by atoms with Crippen molar-refractivity contribution in [3.63, 3.8) is 0 Å². The summed E-state index contributed by atoms with van der Waals surface area (Å²) < 4.78 is 0. The summed E-state index contributed by atoms with van der Waals surface area (Å²) >= 11 is 0. The third-order valence-electron chi connectivity index (χ3n) is 3.62. The number of hydrogen-bond acceptors (Lipinski definition) is 1. The lowest BCUT2D eigenvalue weighted by Gasteiger charge is -2.24. The van der Waals surface area contributed by atoms with Crippen molar-refractivity contribution in [2.24, 2.45) is 0 Å². The van der Waals surface area contributed by atoms with Crippen LogP contribution in [0, 0.1) is 0 Å². The lowest BCUT2D eigenvalue weighted by atomic mass is 9.79. The predicted molar refractivity (Wildman–Crippen MR) is 68.2 cm³/mol. The predicted octanol–water partition coefficient (Wildman–Crippen LogP) is 3.48. The maximum Gasteiger partial charge on any atom is 0.314 e. The topological polar surface area (TPSA) is 37.3 Å². The van der Waals surface area contributed by atoms with Crippen molar-refractivity contribution in [2.75, 3.05) is 0 Å². The number of aliphatic carboxylic acids is 1. The third-order valence-corrected chi connectivity index (χ3v) is 3.62. The van der Waals surface area contributed by atoms with Gasteiger partial charge in [0, 0.05) is 0 Å². The fourth-order valence-electron chi connectivity index (χ4n) is 2.16. The van der Waals surface area contributed by atoms with Crippen LogP contribution in [0.25, 0.3) is 0 Å². The number of hydrogen-bond donors (Lipinski definition) is 1. The Balaban J connectivity index is 2.29. The van der Waals surface area contributed by atoms with Crippen molar-refractivity contribution >= 4 is 5.97 Å². The van der Waals surface area contributed by atoms with Crippen molar-refractivity contribution in [3.8, 4) is 0 Å². The minimum Gasteiger partial charge on any atom is -0.481 e. The van der Waals surface area contributed by atoms with E-state index in [1.54, 1.807) is 13.0 Å². The molecule has 1 aromatic carbocycles. The highest BCUT2D eigenvalue weighted by molar-refractivity contribution is 5.81. The first-order chi connectivity index (χ1) is 8.08. The third kappa shape index (κ3) is 2.26. The number of benzene rings is 1. The molecule has 1 aliphatic rings. The molecular weight excluding hydrogens is 212 g/mol. The van der Waals surface area contributed by atoms with Crippen molar-refractivity contribution in [1.29, 1.82) is 0 Å². The van der Waals surface area contributed by atoms with Gasteiger partial charge < -0.3 is 5.11 Å². The van der Waals surface area contributed by atoms with Gasteiger partial charge in [0.15, 0.2) is 0 Å². The van der Waals surface area contributed by atoms with Gasteiger partial charge in [-0.1, -0.05) is 30.3 Å². The van der Waals surface area contributed by atoms with Crippen LogP contribution in [-0.4, -0.2) is 11.1 Å². The van der Waals surface area contributed by atoms with Gasteiger partial charge in [-0.25, -0.2) is 0 Å². The SMILES string of the molecule is C=CCC(C)(C(=O)O)c1ccc(C2CC2)cc1. The molecule has 0 aliphatic heterocycles. The van der Waals surface area contributed by atoms with Crippen LogP contribution in [-0.2, 0) is 10.2 Å².